The maximum Gasteiger partial charge on any atom is 0.257 e. The van der Waals surface area contributed by atoms with Gasteiger partial charge in [-0.15, -0.1) is 12.4 Å². The number of ether oxygens (including phenoxy) is 1. The van der Waals surface area contributed by atoms with E-state index in [0.29, 0.717) is 25.0 Å². The van der Waals surface area contributed by atoms with Gasteiger partial charge in [-0.3, -0.25) is 15.0 Å². The first kappa shape index (κ1) is 21.7. The number of aromatic nitrogens is 3. The van der Waals surface area contributed by atoms with Gasteiger partial charge in [-0.25, -0.2) is 4.68 Å². The van der Waals surface area contributed by atoms with Crippen molar-refractivity contribution in [2.24, 2.45) is 7.05 Å². The lowest BCUT2D eigenvalue weighted by atomic mass is 9.98. The number of anilines is 1. The van der Waals surface area contributed by atoms with Crippen LogP contribution in [0, 0.1) is 0 Å². The maximum absolute atomic E-state index is 12.7. The van der Waals surface area contributed by atoms with Gasteiger partial charge in [0.2, 0.25) is 5.95 Å². The molecule has 0 saturated carbocycles. The Morgan fingerprint density at radius 2 is 2.03 bits per heavy atom. The number of morpholine rings is 1. The zero-order valence-corrected chi connectivity index (χ0v) is 17.5. The summed E-state index contributed by atoms with van der Waals surface area (Å²) in [5.74, 6) is 1.49. The molecule has 0 bridgehead atoms. The van der Waals surface area contributed by atoms with Gasteiger partial charge in [0.05, 0.1) is 6.61 Å². The summed E-state index contributed by atoms with van der Waals surface area (Å²) in [7, 11) is 1.82. The summed E-state index contributed by atoms with van der Waals surface area (Å²) in [5, 5.41) is 10.8. The van der Waals surface area contributed by atoms with Crippen LogP contribution < -0.4 is 10.6 Å². The van der Waals surface area contributed by atoms with Crippen LogP contribution in [0.3, 0.4) is 0 Å². The molecule has 8 nitrogen and oxygen atoms in total. The second-order valence-corrected chi connectivity index (χ2v) is 7.51. The Morgan fingerprint density at radius 3 is 2.79 bits per heavy atom. The largest absolute Gasteiger partial charge is 0.366 e. The predicted molar refractivity (Wildman–Crippen MR) is 113 cm³/mol. The second kappa shape index (κ2) is 10.2. The Kier molecular flexibility index (Phi) is 7.60. The fourth-order valence-electron chi connectivity index (χ4n) is 3.80. The van der Waals surface area contributed by atoms with Gasteiger partial charge in [-0.05, 0) is 31.5 Å². The molecule has 2 aliphatic heterocycles. The monoisotopic (exact) mass is 420 g/mol. The molecule has 1 unspecified atom stereocenters. The number of benzene rings is 1. The van der Waals surface area contributed by atoms with Gasteiger partial charge >= 0.3 is 0 Å². The van der Waals surface area contributed by atoms with Crippen molar-refractivity contribution in [1.29, 1.82) is 0 Å². The van der Waals surface area contributed by atoms with Crippen molar-refractivity contribution in [2.45, 2.75) is 31.4 Å². The highest BCUT2D eigenvalue weighted by molar-refractivity contribution is 5.93. The zero-order valence-electron chi connectivity index (χ0n) is 16.7. The fourth-order valence-corrected chi connectivity index (χ4v) is 3.80. The van der Waals surface area contributed by atoms with E-state index in [4.69, 9.17) is 4.74 Å². The average molecular weight is 421 g/mol. The van der Waals surface area contributed by atoms with Crippen LogP contribution in [-0.2, 0) is 23.1 Å². The van der Waals surface area contributed by atoms with Crippen LogP contribution in [0.25, 0.3) is 0 Å². The van der Waals surface area contributed by atoms with E-state index in [1.165, 1.54) is 5.56 Å². The molecule has 2 fully saturated rings. The third-order valence-electron chi connectivity index (χ3n) is 5.41. The molecular weight excluding hydrogens is 392 g/mol. The van der Waals surface area contributed by atoms with Crippen molar-refractivity contribution in [3.05, 3.63) is 41.7 Å². The van der Waals surface area contributed by atoms with Gasteiger partial charge in [0.25, 0.3) is 5.91 Å². The van der Waals surface area contributed by atoms with Crippen LogP contribution >= 0.6 is 12.4 Å². The summed E-state index contributed by atoms with van der Waals surface area (Å²) >= 11 is 0. The highest BCUT2D eigenvalue weighted by Gasteiger charge is 2.28. The summed E-state index contributed by atoms with van der Waals surface area (Å²) in [5.41, 5.74) is 1.24. The van der Waals surface area contributed by atoms with Gasteiger partial charge in [0.15, 0.2) is 5.82 Å². The van der Waals surface area contributed by atoms with Crippen molar-refractivity contribution in [3.63, 3.8) is 0 Å². The Morgan fingerprint density at radius 1 is 1.28 bits per heavy atom. The molecule has 4 rings (SSSR count). The molecule has 2 aliphatic rings. The molecular formula is C20H29ClN6O2. The third-order valence-corrected chi connectivity index (χ3v) is 5.41. The number of hydrogen-bond acceptors (Lipinski definition) is 6. The van der Waals surface area contributed by atoms with Gasteiger partial charge in [-0.2, -0.15) is 10.1 Å². The molecule has 0 radical (unpaired) electrons. The second-order valence-electron chi connectivity index (χ2n) is 7.51. The van der Waals surface area contributed by atoms with Crippen molar-refractivity contribution in [2.75, 3.05) is 38.1 Å². The molecule has 158 valence electrons. The molecule has 29 heavy (non-hydrogen) atoms. The van der Waals surface area contributed by atoms with E-state index in [1.807, 2.05) is 25.2 Å². The van der Waals surface area contributed by atoms with Gasteiger partial charge < -0.3 is 10.1 Å². The SMILES string of the molecule is Cl.Cn1nc(C2CCNCC2)nc1NC(=O)C1CN(Cc2ccccc2)CCO1. The van der Waals surface area contributed by atoms with E-state index in [-0.39, 0.29) is 18.3 Å². The molecule has 0 spiro atoms. The van der Waals surface area contributed by atoms with E-state index >= 15 is 0 Å². The molecule has 1 atom stereocenters. The number of nitrogens with zero attached hydrogens (tertiary/aromatic N) is 4. The molecule has 1 amide bonds. The highest BCUT2D eigenvalue weighted by Crippen LogP contribution is 2.23. The lowest BCUT2D eigenvalue weighted by Gasteiger charge is -2.32. The number of aryl methyl sites for hydroxylation is 1. The minimum absolute atomic E-state index is 0. The van der Waals surface area contributed by atoms with E-state index in [1.54, 1.807) is 4.68 Å². The quantitative estimate of drug-likeness (QED) is 0.763. The fraction of sp³-hybridized carbons (Fsp3) is 0.550. The normalized spacial score (nSPS) is 20.8. The van der Waals surface area contributed by atoms with Crippen molar-refractivity contribution in [3.8, 4) is 0 Å². The summed E-state index contributed by atoms with van der Waals surface area (Å²) in [6.07, 6.45) is 1.55. The molecule has 9 heteroatoms. The summed E-state index contributed by atoms with van der Waals surface area (Å²) in [6.45, 7) is 4.72. The smallest absolute Gasteiger partial charge is 0.257 e. The molecule has 2 N–H and O–H groups in total. The summed E-state index contributed by atoms with van der Waals surface area (Å²) < 4.78 is 7.38. The number of carbonyl (C=O) groups is 1. The molecule has 1 aromatic heterocycles. The molecule has 1 aromatic carbocycles. The number of rotatable bonds is 5. The summed E-state index contributed by atoms with van der Waals surface area (Å²) in [6, 6.07) is 10.3. The van der Waals surface area contributed by atoms with Crippen LogP contribution in [0.2, 0.25) is 0 Å². The van der Waals surface area contributed by atoms with Crippen molar-refractivity contribution < 1.29 is 9.53 Å². The number of nitrogens with one attached hydrogen (secondary N) is 2. The lowest BCUT2D eigenvalue weighted by Crippen LogP contribution is -2.47. The van der Waals surface area contributed by atoms with E-state index in [0.717, 1.165) is 44.8 Å². The van der Waals surface area contributed by atoms with Gasteiger partial charge in [0.1, 0.15) is 6.10 Å². The minimum Gasteiger partial charge on any atom is -0.366 e. The van der Waals surface area contributed by atoms with E-state index in [9.17, 15) is 4.79 Å². The molecule has 2 aromatic rings. The number of piperidine rings is 1. The molecule has 3 heterocycles. The number of hydrogen-bond donors (Lipinski definition) is 2. The Labute approximate surface area is 177 Å². The third kappa shape index (κ3) is 5.54. The first-order valence-corrected chi connectivity index (χ1v) is 9.99. The standard InChI is InChI=1S/C20H28N6O2.ClH/c1-25-20(22-18(24-25)16-7-9-21-10-8-16)23-19(27)17-14-26(11-12-28-17)13-15-5-3-2-4-6-15;/h2-6,16-17,21H,7-14H2,1H3,(H,22,23,24,27);1H. The van der Waals surface area contributed by atoms with E-state index in [2.05, 4.69) is 37.7 Å². The lowest BCUT2D eigenvalue weighted by molar-refractivity contribution is -0.133. The van der Waals surface area contributed by atoms with Crippen LogP contribution in [-0.4, -0.2) is 64.5 Å². The van der Waals surface area contributed by atoms with Gasteiger partial charge in [-0.1, -0.05) is 30.3 Å². The Bertz CT molecular complexity index is 794. The van der Waals surface area contributed by atoms with Gasteiger partial charge in [0, 0.05) is 32.6 Å². The zero-order chi connectivity index (χ0) is 19.3. The maximum atomic E-state index is 12.7. The van der Waals surface area contributed by atoms with Crippen molar-refractivity contribution >= 4 is 24.3 Å². The molecule has 0 aliphatic carbocycles. The molecule has 2 saturated heterocycles. The number of amides is 1. The van der Waals surface area contributed by atoms with Crippen molar-refractivity contribution in [1.82, 2.24) is 25.0 Å². The average Bonchev–Trinajstić information content (AvgIpc) is 3.10. The Balaban J connectivity index is 0.00000240. The first-order valence-electron chi connectivity index (χ1n) is 9.99. The predicted octanol–water partition coefficient (Wildman–Crippen LogP) is 1.54. The Hall–Kier alpha value is -2.00. The van der Waals surface area contributed by atoms with Crippen LogP contribution in [0.4, 0.5) is 5.95 Å². The number of carbonyl (C=O) groups excluding carboxylic acids is 1. The van der Waals surface area contributed by atoms with E-state index < -0.39 is 6.10 Å². The number of halogens is 1. The highest BCUT2D eigenvalue weighted by atomic mass is 35.5. The minimum atomic E-state index is -0.503. The summed E-state index contributed by atoms with van der Waals surface area (Å²) in [4.78, 5) is 19.6. The topological polar surface area (TPSA) is 84.3 Å². The first-order chi connectivity index (χ1) is 13.7. The van der Waals surface area contributed by atoms with Crippen LogP contribution in [0.1, 0.15) is 30.1 Å². The van der Waals surface area contributed by atoms with Crippen LogP contribution in [0.15, 0.2) is 30.3 Å². The van der Waals surface area contributed by atoms with Crippen LogP contribution in [0.5, 0.6) is 0 Å².